The number of ether oxygens (including phenoxy) is 2. The number of fused-ring (bicyclic) bond motifs is 3. The van der Waals surface area contributed by atoms with Gasteiger partial charge in [0.2, 0.25) is 27.4 Å². The summed E-state index contributed by atoms with van der Waals surface area (Å²) in [5, 5.41) is 2.38. The van der Waals surface area contributed by atoms with E-state index in [1.807, 2.05) is 40.7 Å². The van der Waals surface area contributed by atoms with Gasteiger partial charge in [-0.15, -0.1) is 6.58 Å². The van der Waals surface area contributed by atoms with Crippen LogP contribution in [0.4, 0.5) is 4.39 Å². The van der Waals surface area contributed by atoms with Gasteiger partial charge in [-0.2, -0.15) is 4.98 Å². The lowest BCUT2D eigenvalue weighted by Gasteiger charge is -2.35. The van der Waals surface area contributed by atoms with Crippen molar-refractivity contribution in [1.29, 1.82) is 0 Å². The normalized spacial score (nSPS) is 21.3. The summed E-state index contributed by atoms with van der Waals surface area (Å²) in [4.78, 5) is 67.5. The summed E-state index contributed by atoms with van der Waals surface area (Å²) in [5.74, 6) is -2.53. The Morgan fingerprint density at radius 2 is 1.78 bits per heavy atom. The van der Waals surface area contributed by atoms with E-state index in [9.17, 15) is 27.2 Å². The molecular formula is C49H54FN5O9S. The highest BCUT2D eigenvalue weighted by Gasteiger charge is 2.61. The van der Waals surface area contributed by atoms with Gasteiger partial charge in [-0.05, 0) is 111 Å². The predicted octanol–water partition coefficient (Wildman–Crippen LogP) is 7.34. The second kappa shape index (κ2) is 17.3. The van der Waals surface area contributed by atoms with Gasteiger partial charge in [0.25, 0.3) is 11.8 Å². The monoisotopic (exact) mass is 907 g/mol. The summed E-state index contributed by atoms with van der Waals surface area (Å²) in [6.45, 7) is 13.4. The molecule has 0 unspecified atom stereocenters. The highest BCUT2D eigenvalue weighted by molar-refractivity contribution is 7.90. The number of Topliss-reactive ketones (excluding diaryl/α,β-unsaturated/α-hetero) is 1. The molecule has 3 fully saturated rings. The van der Waals surface area contributed by atoms with Crippen LogP contribution >= 0.6 is 0 Å². The predicted molar refractivity (Wildman–Crippen MR) is 242 cm³/mol. The van der Waals surface area contributed by atoms with Crippen molar-refractivity contribution < 1.29 is 45.9 Å². The lowest BCUT2D eigenvalue weighted by Crippen LogP contribution is -2.48. The zero-order valence-electron chi connectivity index (χ0n) is 37.4. The second-order valence-corrected chi connectivity index (χ2v) is 20.8. The minimum Gasteiger partial charge on any atom is -0.491 e. The Kier molecular flexibility index (Phi) is 12.1. The molecule has 2 aliphatic carbocycles. The largest absolute Gasteiger partial charge is 0.491 e. The third-order valence-electron chi connectivity index (χ3n) is 12.7. The van der Waals surface area contributed by atoms with Gasteiger partial charge in [0.05, 0.1) is 29.4 Å². The number of nitrogens with zero attached hydrogens (tertiary/aromatic N) is 3. The van der Waals surface area contributed by atoms with E-state index in [1.54, 1.807) is 55.6 Å². The van der Waals surface area contributed by atoms with Gasteiger partial charge < -0.3 is 24.1 Å². The van der Waals surface area contributed by atoms with Crippen molar-refractivity contribution in [3.05, 3.63) is 96.3 Å². The first-order valence-corrected chi connectivity index (χ1v) is 23.5. The maximum Gasteiger partial charge on any atom is 0.262 e. The standard InChI is InChI=1S/C49H54FN5O9S/c1-8-31-24-49(31,47(59)54-65(60,61)35-17-18-35)25-39(56)38-23-34(26-55(38)46(58)37(48(4,5)6)21-28-10-9-11-30(20-28)44(57)51-7)63-45-42-41(36-22-32(50)14-19-40(36)64-42)52-43(53-45)29-12-15-33(16-13-29)62-27(2)3/h8-16,19-20,22,27,31,34-35,37-38H,1,17-18,21,23-26H2,2-7H3,(H,51,57)(H,54,59)/t31-,34-,37-,38+,49-/m1/s1. The van der Waals surface area contributed by atoms with Crippen molar-refractivity contribution in [3.8, 4) is 23.0 Å². The highest BCUT2D eigenvalue weighted by Crippen LogP contribution is 2.57. The molecule has 3 aliphatic rings. The Balaban J connectivity index is 1.16. The molecule has 16 heteroatoms. The van der Waals surface area contributed by atoms with Crippen LogP contribution in [0, 0.1) is 28.5 Å². The molecule has 3 heterocycles. The number of likely N-dealkylation sites (tertiary alicyclic amines) is 1. The van der Waals surface area contributed by atoms with Crippen molar-refractivity contribution in [3.63, 3.8) is 0 Å². The lowest BCUT2D eigenvalue weighted by atomic mass is 9.76. The fraction of sp³-hybridized carbons (Fsp3) is 0.429. The van der Waals surface area contributed by atoms with Gasteiger partial charge in [0, 0.05) is 42.3 Å². The first-order valence-electron chi connectivity index (χ1n) is 22.0. The van der Waals surface area contributed by atoms with Gasteiger partial charge in [-0.3, -0.25) is 23.9 Å². The minimum atomic E-state index is -3.91. The molecule has 2 N–H and O–H groups in total. The van der Waals surface area contributed by atoms with Crippen LogP contribution in [0.25, 0.3) is 33.5 Å². The molecule has 5 atom stereocenters. The molecule has 2 saturated carbocycles. The van der Waals surface area contributed by atoms with Crippen molar-refractivity contribution in [2.24, 2.45) is 22.7 Å². The van der Waals surface area contributed by atoms with Crippen LogP contribution in [0.3, 0.4) is 0 Å². The summed E-state index contributed by atoms with van der Waals surface area (Å²) in [7, 11) is -2.37. The quantitative estimate of drug-likeness (QED) is 0.0944. The van der Waals surface area contributed by atoms with Gasteiger partial charge in [-0.25, -0.2) is 17.8 Å². The van der Waals surface area contributed by atoms with E-state index in [0.717, 1.165) is 5.56 Å². The fourth-order valence-corrected chi connectivity index (χ4v) is 10.2. The van der Waals surface area contributed by atoms with E-state index >= 15 is 4.79 Å². The van der Waals surface area contributed by atoms with Crippen molar-refractivity contribution in [2.45, 2.75) is 96.6 Å². The van der Waals surface area contributed by atoms with Crippen molar-refractivity contribution >= 4 is 55.6 Å². The fourth-order valence-electron chi connectivity index (χ4n) is 8.84. The van der Waals surface area contributed by atoms with Crippen LogP contribution in [0.1, 0.15) is 82.6 Å². The van der Waals surface area contributed by atoms with E-state index in [4.69, 9.17) is 23.9 Å². The van der Waals surface area contributed by atoms with Crippen LogP contribution in [0.2, 0.25) is 0 Å². The van der Waals surface area contributed by atoms with E-state index in [-0.39, 0.29) is 67.4 Å². The Morgan fingerprint density at radius 1 is 1.05 bits per heavy atom. The number of allylic oxidation sites excluding steroid dienone is 1. The Morgan fingerprint density at radius 3 is 2.43 bits per heavy atom. The average Bonchev–Trinajstić information content (AvgIpc) is 4.17. The zero-order chi connectivity index (χ0) is 46.6. The molecule has 342 valence electrons. The summed E-state index contributed by atoms with van der Waals surface area (Å²) < 4.78 is 61.5. The van der Waals surface area contributed by atoms with Crippen LogP contribution in [-0.2, 0) is 30.8 Å². The molecule has 1 saturated heterocycles. The lowest BCUT2D eigenvalue weighted by molar-refractivity contribution is -0.144. The third-order valence-corrected chi connectivity index (χ3v) is 14.5. The van der Waals surface area contributed by atoms with Gasteiger partial charge in [0.1, 0.15) is 28.8 Å². The molecule has 65 heavy (non-hydrogen) atoms. The second-order valence-electron chi connectivity index (χ2n) is 18.9. The number of nitrogens with one attached hydrogen (secondary N) is 2. The van der Waals surface area contributed by atoms with E-state index in [2.05, 4.69) is 16.6 Å². The first kappa shape index (κ1) is 45.4. The third kappa shape index (κ3) is 9.36. The maximum absolute atomic E-state index is 15.2. The van der Waals surface area contributed by atoms with Crippen LogP contribution in [0.5, 0.6) is 11.6 Å². The molecule has 3 amide bonds. The topological polar surface area (TPSA) is 187 Å². The number of furan rings is 1. The van der Waals surface area contributed by atoms with Crippen LogP contribution in [-0.4, -0.2) is 83.9 Å². The molecule has 8 rings (SSSR count). The highest BCUT2D eigenvalue weighted by atomic mass is 32.2. The number of carbonyl (C=O) groups excluding carboxylic acids is 4. The number of aromatic nitrogens is 2. The number of hydrogen-bond donors (Lipinski definition) is 2. The summed E-state index contributed by atoms with van der Waals surface area (Å²) >= 11 is 0. The van der Waals surface area contributed by atoms with E-state index in [1.165, 1.54) is 23.1 Å². The number of carbonyl (C=O) groups is 4. The first-order chi connectivity index (χ1) is 30.8. The number of amides is 3. The summed E-state index contributed by atoms with van der Waals surface area (Å²) in [6, 6.07) is 17.2. The van der Waals surface area contributed by atoms with Crippen molar-refractivity contribution in [1.82, 2.24) is 24.9 Å². The molecule has 14 nitrogen and oxygen atoms in total. The SMILES string of the molecule is C=C[C@@H]1C[C@]1(CC(=O)[C@@H]1C[C@@H](Oc2nc(-c3ccc(OC(C)C)cc3)nc3c2oc2ccc(F)cc23)CN1C(=O)[C@@H](Cc1cccc(C(=O)NC)c1)C(C)(C)C)C(=O)NS(=O)(=O)C1CC1. The number of benzene rings is 3. The van der Waals surface area contributed by atoms with Gasteiger partial charge in [-0.1, -0.05) is 39.0 Å². The summed E-state index contributed by atoms with van der Waals surface area (Å²) in [5.41, 5.74) is 0.580. The Hall–Kier alpha value is -6.16. The molecule has 0 radical (unpaired) electrons. The Bertz CT molecular complexity index is 2820. The smallest absolute Gasteiger partial charge is 0.262 e. The molecule has 0 bridgehead atoms. The van der Waals surface area contributed by atoms with Gasteiger partial charge >= 0.3 is 0 Å². The number of rotatable bonds is 16. The molecule has 2 aromatic heterocycles. The number of ketones is 1. The van der Waals surface area contributed by atoms with E-state index in [0.29, 0.717) is 46.2 Å². The van der Waals surface area contributed by atoms with Crippen LogP contribution in [0.15, 0.2) is 83.8 Å². The molecule has 3 aromatic carbocycles. The maximum atomic E-state index is 15.2. The van der Waals surface area contributed by atoms with Gasteiger partial charge in [0.15, 0.2) is 11.6 Å². The Labute approximate surface area is 377 Å². The molecule has 1 aliphatic heterocycles. The molecular weight excluding hydrogens is 854 g/mol. The summed E-state index contributed by atoms with van der Waals surface area (Å²) in [6.07, 6.45) is 1.71. The average molecular weight is 908 g/mol. The zero-order valence-corrected chi connectivity index (χ0v) is 38.2. The van der Waals surface area contributed by atoms with E-state index < -0.39 is 67.6 Å². The number of halogens is 1. The van der Waals surface area contributed by atoms with Crippen LogP contribution < -0.4 is 19.5 Å². The minimum absolute atomic E-state index is 0.00133. The number of sulfonamides is 1. The number of hydrogen-bond acceptors (Lipinski definition) is 11. The molecule has 0 spiro atoms. The van der Waals surface area contributed by atoms with Crippen molar-refractivity contribution in [2.75, 3.05) is 13.6 Å². The molecule has 5 aromatic rings.